The first-order valence-corrected chi connectivity index (χ1v) is 6.66. The van der Waals surface area contributed by atoms with Crippen molar-refractivity contribution in [1.82, 2.24) is 5.32 Å². The highest BCUT2D eigenvalue weighted by atomic mass is 35.5. The molecule has 0 aromatic heterocycles. The fraction of sp³-hybridized carbons (Fsp3) is 0.357. The Labute approximate surface area is 124 Å². The number of hydrogen-bond donors (Lipinski definition) is 2. The molecule has 2 amide bonds. The van der Waals surface area contributed by atoms with E-state index >= 15 is 0 Å². The van der Waals surface area contributed by atoms with Crippen LogP contribution in [0.3, 0.4) is 0 Å². The molecule has 104 valence electrons. The highest BCUT2D eigenvalue weighted by Crippen LogP contribution is 2.29. The van der Waals surface area contributed by atoms with Gasteiger partial charge in [-0.25, -0.2) is 4.79 Å². The Morgan fingerprint density at radius 1 is 1.26 bits per heavy atom. The van der Waals surface area contributed by atoms with Crippen LogP contribution in [0.5, 0.6) is 0 Å². The predicted molar refractivity (Wildman–Crippen MR) is 81.8 cm³/mol. The van der Waals surface area contributed by atoms with Gasteiger partial charge in [0.2, 0.25) is 0 Å². The predicted octanol–water partition coefficient (Wildman–Crippen LogP) is 5.06. The van der Waals surface area contributed by atoms with E-state index in [0.717, 1.165) is 5.57 Å². The molecule has 5 heteroatoms. The maximum atomic E-state index is 11.7. The minimum atomic E-state index is -0.354. The number of carbonyl (C=O) groups is 1. The van der Waals surface area contributed by atoms with Gasteiger partial charge >= 0.3 is 6.03 Å². The van der Waals surface area contributed by atoms with Gasteiger partial charge in [-0.3, -0.25) is 0 Å². The summed E-state index contributed by atoms with van der Waals surface area (Å²) in [5, 5.41) is 6.05. The van der Waals surface area contributed by atoms with E-state index in [1.54, 1.807) is 24.4 Å². The number of hydrogen-bond acceptors (Lipinski definition) is 1. The zero-order chi connectivity index (χ0) is 14.6. The lowest BCUT2D eigenvalue weighted by molar-refractivity contribution is 0.255. The van der Waals surface area contributed by atoms with Crippen LogP contribution in [0.2, 0.25) is 10.0 Å². The van der Waals surface area contributed by atoms with Crippen molar-refractivity contribution in [3.8, 4) is 0 Å². The van der Waals surface area contributed by atoms with E-state index in [9.17, 15) is 4.79 Å². The molecule has 0 radical (unpaired) electrons. The molecule has 0 heterocycles. The van der Waals surface area contributed by atoms with Crippen molar-refractivity contribution in [2.24, 2.45) is 5.41 Å². The van der Waals surface area contributed by atoms with Gasteiger partial charge in [-0.1, -0.05) is 55.6 Å². The molecule has 0 bridgehead atoms. The van der Waals surface area contributed by atoms with Gasteiger partial charge in [-0.2, -0.15) is 0 Å². The lowest BCUT2D eigenvalue weighted by Gasteiger charge is -2.19. The minimum absolute atomic E-state index is 0.0149. The van der Waals surface area contributed by atoms with Crippen LogP contribution in [0, 0.1) is 5.41 Å². The summed E-state index contributed by atoms with van der Waals surface area (Å²) >= 11 is 11.9. The normalized spacial score (nSPS) is 12.2. The van der Waals surface area contributed by atoms with Gasteiger partial charge in [0.15, 0.2) is 0 Å². The third-order valence-corrected chi connectivity index (χ3v) is 3.62. The molecular weight excluding hydrogens is 283 g/mol. The Balaban J connectivity index is 2.69. The van der Waals surface area contributed by atoms with E-state index in [1.807, 2.05) is 6.92 Å². The van der Waals surface area contributed by atoms with E-state index in [4.69, 9.17) is 23.2 Å². The van der Waals surface area contributed by atoms with Gasteiger partial charge < -0.3 is 10.6 Å². The van der Waals surface area contributed by atoms with E-state index in [2.05, 4.69) is 31.4 Å². The summed E-state index contributed by atoms with van der Waals surface area (Å²) in [5.74, 6) is 0. The number of anilines is 1. The zero-order valence-electron chi connectivity index (χ0n) is 11.5. The van der Waals surface area contributed by atoms with Crippen molar-refractivity contribution in [1.29, 1.82) is 0 Å². The van der Waals surface area contributed by atoms with Crippen molar-refractivity contribution >= 4 is 34.9 Å². The zero-order valence-corrected chi connectivity index (χ0v) is 13.0. The van der Waals surface area contributed by atoms with Crippen molar-refractivity contribution in [2.45, 2.75) is 27.7 Å². The molecule has 0 unspecified atom stereocenters. The molecule has 0 fully saturated rings. The van der Waals surface area contributed by atoms with Crippen molar-refractivity contribution in [3.05, 3.63) is 40.0 Å². The van der Waals surface area contributed by atoms with Crippen LogP contribution in [-0.2, 0) is 0 Å². The Morgan fingerprint density at radius 3 is 2.47 bits per heavy atom. The van der Waals surface area contributed by atoms with Gasteiger partial charge in [-0.15, -0.1) is 0 Å². The van der Waals surface area contributed by atoms with E-state index < -0.39 is 0 Å². The van der Waals surface area contributed by atoms with E-state index in [0.29, 0.717) is 15.7 Å². The van der Waals surface area contributed by atoms with Crippen LogP contribution in [0.25, 0.3) is 0 Å². The third-order valence-electron chi connectivity index (χ3n) is 2.80. The number of allylic oxidation sites excluding steroid dienone is 1. The average molecular weight is 301 g/mol. The maximum Gasteiger partial charge on any atom is 0.323 e. The van der Waals surface area contributed by atoms with Crippen LogP contribution >= 0.6 is 23.2 Å². The van der Waals surface area contributed by atoms with Crippen LogP contribution in [0.1, 0.15) is 27.7 Å². The van der Waals surface area contributed by atoms with Crippen LogP contribution < -0.4 is 10.6 Å². The first-order valence-electron chi connectivity index (χ1n) is 5.90. The molecule has 1 aromatic carbocycles. The fourth-order valence-electron chi connectivity index (χ4n) is 1.15. The Bertz CT molecular complexity index is 505. The van der Waals surface area contributed by atoms with E-state index in [1.165, 1.54) is 0 Å². The van der Waals surface area contributed by atoms with Gasteiger partial charge in [0.05, 0.1) is 15.7 Å². The van der Waals surface area contributed by atoms with Crippen LogP contribution in [0.15, 0.2) is 30.0 Å². The van der Waals surface area contributed by atoms with Crippen molar-refractivity contribution in [2.75, 3.05) is 5.32 Å². The molecule has 0 aliphatic rings. The number of amides is 2. The Morgan fingerprint density at radius 2 is 1.89 bits per heavy atom. The van der Waals surface area contributed by atoms with Gasteiger partial charge in [-0.05, 0) is 24.5 Å². The maximum absolute atomic E-state index is 11.7. The second-order valence-corrected chi connectivity index (χ2v) is 6.06. The topological polar surface area (TPSA) is 41.1 Å². The summed E-state index contributed by atoms with van der Waals surface area (Å²) in [4.78, 5) is 11.7. The number of carbonyl (C=O) groups excluding carboxylic acids is 1. The number of rotatable bonds is 2. The molecular formula is C14H18Cl2N2O. The highest BCUT2D eigenvalue weighted by Gasteiger charge is 2.13. The largest absolute Gasteiger partial charge is 0.323 e. The summed E-state index contributed by atoms with van der Waals surface area (Å²) in [6.07, 6.45) is 1.69. The standard InChI is InChI=1S/C14H18Cl2N2O/c1-9(14(2,3)4)8-17-13(19)18-11-7-5-6-10(15)12(11)16/h5-8H,1-4H3,(H2,17,18,19)/b9-8+. The molecule has 0 atom stereocenters. The molecule has 2 N–H and O–H groups in total. The van der Waals surface area contributed by atoms with Crippen molar-refractivity contribution < 1.29 is 4.79 Å². The SMILES string of the molecule is C/C(=C\NC(=O)Nc1cccc(Cl)c1Cl)C(C)(C)C. The van der Waals surface area contributed by atoms with Crippen LogP contribution in [0.4, 0.5) is 10.5 Å². The first kappa shape index (κ1) is 15.9. The smallest absolute Gasteiger partial charge is 0.314 e. The second kappa shape index (κ2) is 6.31. The molecule has 0 saturated heterocycles. The summed E-state index contributed by atoms with van der Waals surface area (Å²) in [5.41, 5.74) is 1.56. The Hall–Kier alpha value is -1.19. The van der Waals surface area contributed by atoms with Gasteiger partial charge in [0.25, 0.3) is 0 Å². The molecule has 0 spiro atoms. The fourth-order valence-corrected chi connectivity index (χ4v) is 1.50. The monoisotopic (exact) mass is 300 g/mol. The molecule has 3 nitrogen and oxygen atoms in total. The quantitative estimate of drug-likeness (QED) is 0.787. The molecule has 1 rings (SSSR count). The second-order valence-electron chi connectivity index (χ2n) is 5.28. The molecule has 0 aliphatic heterocycles. The number of urea groups is 1. The van der Waals surface area contributed by atoms with Crippen LogP contribution in [-0.4, -0.2) is 6.03 Å². The number of nitrogens with one attached hydrogen (secondary N) is 2. The molecule has 0 saturated carbocycles. The van der Waals surface area contributed by atoms with Gasteiger partial charge in [0.1, 0.15) is 0 Å². The molecule has 19 heavy (non-hydrogen) atoms. The Kier molecular flexibility index (Phi) is 5.27. The molecule has 1 aromatic rings. The minimum Gasteiger partial charge on any atom is -0.314 e. The summed E-state index contributed by atoms with van der Waals surface area (Å²) < 4.78 is 0. The average Bonchev–Trinajstić information content (AvgIpc) is 2.30. The highest BCUT2D eigenvalue weighted by molar-refractivity contribution is 6.43. The van der Waals surface area contributed by atoms with Crippen molar-refractivity contribution in [3.63, 3.8) is 0 Å². The summed E-state index contributed by atoms with van der Waals surface area (Å²) in [6.45, 7) is 8.19. The lowest BCUT2D eigenvalue weighted by Crippen LogP contribution is -2.25. The van der Waals surface area contributed by atoms with E-state index in [-0.39, 0.29) is 11.4 Å². The third kappa shape index (κ3) is 4.77. The summed E-state index contributed by atoms with van der Waals surface area (Å²) in [6, 6.07) is 4.72. The molecule has 0 aliphatic carbocycles. The van der Waals surface area contributed by atoms with Gasteiger partial charge in [0, 0.05) is 6.20 Å². The summed E-state index contributed by atoms with van der Waals surface area (Å²) in [7, 11) is 0. The number of benzene rings is 1. The number of halogens is 2. The first-order chi connectivity index (χ1) is 8.71. The lowest BCUT2D eigenvalue weighted by atomic mass is 9.88.